The molecule has 188 valence electrons. The van der Waals surface area contributed by atoms with Crippen LogP contribution in [0.4, 0.5) is 5.69 Å². The topological polar surface area (TPSA) is 107 Å². The van der Waals surface area contributed by atoms with Crippen molar-refractivity contribution < 1.29 is 9.90 Å². The summed E-state index contributed by atoms with van der Waals surface area (Å²) < 4.78 is 2.15. The minimum atomic E-state index is -0.530. The maximum absolute atomic E-state index is 12.2. The number of fused-ring (bicyclic) bond motifs is 4. The van der Waals surface area contributed by atoms with E-state index in [0.717, 1.165) is 49.5 Å². The first-order valence-corrected chi connectivity index (χ1v) is 12.7. The fourth-order valence-electron chi connectivity index (χ4n) is 5.44. The van der Waals surface area contributed by atoms with Crippen LogP contribution in [0.25, 0.3) is 49.5 Å². The molecule has 5 N–H and O–H groups in total. The SMILES string of the molecule is CC(O)CCc1c(C(N)=O)ccc(-n2c3ccccc3c3c(-c4cnc5ccccc5c4)cccc32)c1N. The number of nitrogen functional groups attached to an aromatic ring is 1. The van der Waals surface area contributed by atoms with E-state index >= 15 is 0 Å². The zero-order valence-corrected chi connectivity index (χ0v) is 21.1. The first-order valence-electron chi connectivity index (χ1n) is 12.7. The summed E-state index contributed by atoms with van der Waals surface area (Å²) in [4.78, 5) is 16.9. The molecular weight excluding hydrogens is 472 g/mol. The maximum Gasteiger partial charge on any atom is 0.249 e. The summed E-state index contributed by atoms with van der Waals surface area (Å²) in [7, 11) is 0. The van der Waals surface area contributed by atoms with Crippen LogP contribution >= 0.6 is 0 Å². The van der Waals surface area contributed by atoms with Gasteiger partial charge >= 0.3 is 0 Å². The Morgan fingerprint density at radius 3 is 2.55 bits per heavy atom. The van der Waals surface area contributed by atoms with E-state index in [1.165, 1.54) is 0 Å². The molecule has 0 saturated heterocycles. The molecule has 4 aromatic carbocycles. The smallest absolute Gasteiger partial charge is 0.249 e. The van der Waals surface area contributed by atoms with Crippen molar-refractivity contribution in [3.8, 4) is 16.8 Å². The Morgan fingerprint density at radius 2 is 1.74 bits per heavy atom. The van der Waals surface area contributed by atoms with Crippen LogP contribution in [0.1, 0.15) is 29.3 Å². The van der Waals surface area contributed by atoms with Crippen LogP contribution in [0.5, 0.6) is 0 Å². The molecule has 6 rings (SSSR count). The third-order valence-corrected chi connectivity index (χ3v) is 7.25. The van der Waals surface area contributed by atoms with Gasteiger partial charge in [-0.05, 0) is 67.3 Å². The highest BCUT2D eigenvalue weighted by molar-refractivity contribution is 6.16. The van der Waals surface area contributed by atoms with Crippen LogP contribution in [0.3, 0.4) is 0 Å². The van der Waals surface area contributed by atoms with Gasteiger partial charge in [-0.15, -0.1) is 0 Å². The van der Waals surface area contributed by atoms with Gasteiger partial charge in [0.25, 0.3) is 0 Å². The molecule has 0 spiro atoms. The molecular formula is C32H28N4O2. The highest BCUT2D eigenvalue weighted by atomic mass is 16.3. The number of aliphatic hydroxyl groups is 1. The second-order valence-corrected chi connectivity index (χ2v) is 9.75. The minimum Gasteiger partial charge on any atom is -0.397 e. The van der Waals surface area contributed by atoms with E-state index in [9.17, 15) is 9.90 Å². The van der Waals surface area contributed by atoms with Crippen LogP contribution in [0.15, 0.2) is 91.1 Å². The molecule has 6 heteroatoms. The Labute approximate surface area is 220 Å². The van der Waals surface area contributed by atoms with Crippen LogP contribution in [-0.4, -0.2) is 26.7 Å². The quantitative estimate of drug-likeness (QED) is 0.244. The summed E-state index contributed by atoms with van der Waals surface area (Å²) in [6.45, 7) is 1.72. The third-order valence-electron chi connectivity index (χ3n) is 7.25. The second kappa shape index (κ2) is 9.32. The average Bonchev–Trinajstić information content (AvgIpc) is 3.26. The van der Waals surface area contributed by atoms with Gasteiger partial charge in [0.05, 0.1) is 34.0 Å². The average molecular weight is 501 g/mol. The lowest BCUT2D eigenvalue weighted by Crippen LogP contribution is -2.17. The Hall–Kier alpha value is -4.68. The fraction of sp³-hybridized carbons (Fsp3) is 0.125. The van der Waals surface area contributed by atoms with Crippen LogP contribution in [-0.2, 0) is 6.42 Å². The first-order chi connectivity index (χ1) is 18.4. The normalized spacial score (nSPS) is 12.4. The van der Waals surface area contributed by atoms with Crippen molar-refractivity contribution in [2.24, 2.45) is 5.73 Å². The summed E-state index contributed by atoms with van der Waals surface area (Å²) in [6.07, 6.45) is 2.32. The highest BCUT2D eigenvalue weighted by Crippen LogP contribution is 2.40. The number of nitrogens with two attached hydrogens (primary N) is 2. The van der Waals surface area contributed by atoms with Gasteiger partial charge in [-0.3, -0.25) is 9.78 Å². The van der Waals surface area contributed by atoms with Crippen molar-refractivity contribution in [1.29, 1.82) is 0 Å². The molecule has 0 aliphatic heterocycles. The van der Waals surface area contributed by atoms with Crippen molar-refractivity contribution in [3.63, 3.8) is 0 Å². The van der Waals surface area contributed by atoms with E-state index in [0.29, 0.717) is 29.7 Å². The second-order valence-electron chi connectivity index (χ2n) is 9.75. The molecule has 2 aromatic heterocycles. The molecule has 0 radical (unpaired) electrons. The molecule has 0 aliphatic rings. The monoisotopic (exact) mass is 500 g/mol. The molecule has 6 aromatic rings. The van der Waals surface area contributed by atoms with Gasteiger partial charge in [-0.1, -0.05) is 48.5 Å². The van der Waals surface area contributed by atoms with Crippen molar-refractivity contribution in [2.45, 2.75) is 25.9 Å². The summed E-state index contributed by atoms with van der Waals surface area (Å²) in [6, 6.07) is 28.4. The number of aromatic nitrogens is 2. The molecule has 0 bridgehead atoms. The number of carbonyl (C=O) groups excluding carboxylic acids is 1. The van der Waals surface area contributed by atoms with Gasteiger partial charge in [0.1, 0.15) is 0 Å². The largest absolute Gasteiger partial charge is 0.397 e. The van der Waals surface area contributed by atoms with Gasteiger partial charge in [-0.25, -0.2) is 0 Å². The molecule has 0 fully saturated rings. The Morgan fingerprint density at radius 1 is 0.974 bits per heavy atom. The number of aliphatic hydroxyl groups excluding tert-OH is 1. The Bertz CT molecular complexity index is 1850. The van der Waals surface area contributed by atoms with E-state index in [2.05, 4.69) is 41.0 Å². The number of primary amides is 1. The predicted octanol–water partition coefficient (Wildman–Crippen LogP) is 5.99. The van der Waals surface area contributed by atoms with Gasteiger partial charge < -0.3 is 21.1 Å². The summed E-state index contributed by atoms with van der Waals surface area (Å²) in [5.41, 5.74) is 19.8. The summed E-state index contributed by atoms with van der Waals surface area (Å²) in [5, 5.41) is 13.2. The number of nitrogens with zero attached hydrogens (tertiary/aromatic N) is 2. The lowest BCUT2D eigenvalue weighted by atomic mass is 9.97. The molecule has 1 unspecified atom stereocenters. The molecule has 1 atom stereocenters. The molecule has 2 heterocycles. The molecule has 0 aliphatic carbocycles. The van der Waals surface area contributed by atoms with E-state index < -0.39 is 12.0 Å². The Kier molecular flexibility index (Phi) is 5.81. The number of anilines is 1. The third kappa shape index (κ3) is 3.86. The van der Waals surface area contributed by atoms with Crippen molar-refractivity contribution in [3.05, 3.63) is 102 Å². The zero-order valence-electron chi connectivity index (χ0n) is 21.1. The summed E-state index contributed by atoms with van der Waals surface area (Å²) >= 11 is 0. The minimum absolute atomic E-state index is 0.385. The lowest BCUT2D eigenvalue weighted by molar-refractivity contribution is 0.0999. The lowest BCUT2D eigenvalue weighted by Gasteiger charge is -2.17. The number of hydrogen-bond donors (Lipinski definition) is 3. The number of hydrogen-bond acceptors (Lipinski definition) is 4. The van der Waals surface area contributed by atoms with Crippen LogP contribution in [0.2, 0.25) is 0 Å². The van der Waals surface area contributed by atoms with Gasteiger partial charge in [0, 0.05) is 33.5 Å². The van der Waals surface area contributed by atoms with Gasteiger partial charge in [0.15, 0.2) is 0 Å². The highest BCUT2D eigenvalue weighted by Gasteiger charge is 2.21. The van der Waals surface area contributed by atoms with Gasteiger partial charge in [-0.2, -0.15) is 0 Å². The summed E-state index contributed by atoms with van der Waals surface area (Å²) in [5.74, 6) is -0.530. The number of benzene rings is 4. The zero-order chi connectivity index (χ0) is 26.4. The predicted molar refractivity (Wildman–Crippen MR) is 154 cm³/mol. The molecule has 1 amide bonds. The fourth-order valence-corrected chi connectivity index (χ4v) is 5.44. The van der Waals surface area contributed by atoms with Crippen molar-refractivity contribution >= 4 is 44.3 Å². The number of carbonyl (C=O) groups is 1. The van der Waals surface area contributed by atoms with Crippen LogP contribution < -0.4 is 11.5 Å². The molecule has 0 saturated carbocycles. The van der Waals surface area contributed by atoms with E-state index in [4.69, 9.17) is 16.5 Å². The van der Waals surface area contributed by atoms with Gasteiger partial charge in [0.2, 0.25) is 5.91 Å². The molecule has 6 nitrogen and oxygen atoms in total. The maximum atomic E-state index is 12.2. The standard InChI is InChI=1S/C32H28N4O2/c1-19(37)13-14-23-24(32(34)38)15-16-29(31(23)33)36-27-11-5-3-8-25(27)30-22(9-6-12-28(30)36)21-17-20-7-2-4-10-26(20)35-18-21/h2-12,15-19,37H,13-14,33H2,1H3,(H2,34,38). The van der Waals surface area contributed by atoms with Crippen molar-refractivity contribution in [2.75, 3.05) is 5.73 Å². The molecule has 38 heavy (non-hydrogen) atoms. The number of pyridine rings is 1. The number of amides is 1. The van der Waals surface area contributed by atoms with E-state index in [1.54, 1.807) is 13.0 Å². The van der Waals surface area contributed by atoms with E-state index in [-0.39, 0.29) is 0 Å². The van der Waals surface area contributed by atoms with E-state index in [1.807, 2.05) is 48.7 Å². The van der Waals surface area contributed by atoms with Crippen molar-refractivity contribution in [1.82, 2.24) is 9.55 Å². The Balaban J connectivity index is 1.64. The number of para-hydroxylation sites is 2. The number of rotatable bonds is 6. The van der Waals surface area contributed by atoms with Crippen LogP contribution in [0, 0.1) is 0 Å². The first kappa shape index (κ1) is 23.7.